The zero-order chi connectivity index (χ0) is 10.7. The van der Waals surface area contributed by atoms with Gasteiger partial charge in [0.1, 0.15) is 0 Å². The number of rotatable bonds is 4. The second kappa shape index (κ2) is 5.31. The van der Waals surface area contributed by atoms with Crippen molar-refractivity contribution in [2.75, 3.05) is 26.2 Å². The molecule has 2 aliphatic rings. The van der Waals surface area contributed by atoms with Crippen LogP contribution in [0.1, 0.15) is 39.5 Å². The van der Waals surface area contributed by atoms with Crippen molar-refractivity contribution in [1.82, 2.24) is 10.2 Å². The van der Waals surface area contributed by atoms with Crippen LogP contribution in [0.4, 0.5) is 0 Å². The summed E-state index contributed by atoms with van der Waals surface area (Å²) in [7, 11) is 0. The van der Waals surface area contributed by atoms with E-state index in [9.17, 15) is 0 Å². The van der Waals surface area contributed by atoms with Gasteiger partial charge in [-0.2, -0.15) is 0 Å². The molecule has 2 heteroatoms. The molecule has 0 spiro atoms. The summed E-state index contributed by atoms with van der Waals surface area (Å²) >= 11 is 0. The highest BCUT2D eigenvalue weighted by Crippen LogP contribution is 2.27. The SMILES string of the molecule is CCC(CC)CN1CCCC2CNCC21. The Labute approximate surface area is 94.4 Å². The third kappa shape index (κ3) is 2.54. The van der Waals surface area contributed by atoms with Gasteiger partial charge in [-0.1, -0.05) is 26.7 Å². The van der Waals surface area contributed by atoms with Crippen LogP contribution in [-0.2, 0) is 0 Å². The molecule has 0 saturated carbocycles. The molecular weight excluding hydrogens is 184 g/mol. The van der Waals surface area contributed by atoms with Crippen LogP contribution in [0.2, 0.25) is 0 Å². The smallest absolute Gasteiger partial charge is 0.0261 e. The van der Waals surface area contributed by atoms with Crippen LogP contribution in [-0.4, -0.2) is 37.1 Å². The number of hydrogen-bond acceptors (Lipinski definition) is 2. The Kier molecular flexibility index (Phi) is 4.04. The molecular formula is C13H26N2. The highest BCUT2D eigenvalue weighted by atomic mass is 15.2. The third-order valence-corrected chi connectivity index (χ3v) is 4.44. The van der Waals surface area contributed by atoms with Crippen LogP contribution in [0, 0.1) is 11.8 Å². The lowest BCUT2D eigenvalue weighted by atomic mass is 9.90. The minimum absolute atomic E-state index is 0.861. The van der Waals surface area contributed by atoms with Crippen LogP contribution in [0.3, 0.4) is 0 Å². The average molecular weight is 210 g/mol. The van der Waals surface area contributed by atoms with E-state index < -0.39 is 0 Å². The molecule has 15 heavy (non-hydrogen) atoms. The quantitative estimate of drug-likeness (QED) is 0.764. The summed E-state index contributed by atoms with van der Waals surface area (Å²) < 4.78 is 0. The maximum absolute atomic E-state index is 3.56. The van der Waals surface area contributed by atoms with Crippen LogP contribution in [0.15, 0.2) is 0 Å². The summed E-state index contributed by atoms with van der Waals surface area (Å²) in [5, 5.41) is 3.56. The first-order valence-electron chi connectivity index (χ1n) is 6.79. The Morgan fingerprint density at radius 3 is 2.80 bits per heavy atom. The van der Waals surface area contributed by atoms with E-state index in [2.05, 4.69) is 24.1 Å². The van der Waals surface area contributed by atoms with Gasteiger partial charge in [0, 0.05) is 19.1 Å². The average Bonchev–Trinajstić information content (AvgIpc) is 2.74. The van der Waals surface area contributed by atoms with Crippen molar-refractivity contribution in [3.8, 4) is 0 Å². The van der Waals surface area contributed by atoms with E-state index in [1.807, 2.05) is 0 Å². The summed E-state index contributed by atoms with van der Waals surface area (Å²) in [5.41, 5.74) is 0. The van der Waals surface area contributed by atoms with Crippen molar-refractivity contribution in [2.45, 2.75) is 45.6 Å². The summed E-state index contributed by atoms with van der Waals surface area (Å²) in [5.74, 6) is 1.87. The monoisotopic (exact) mass is 210 g/mol. The molecule has 2 saturated heterocycles. The molecule has 0 amide bonds. The zero-order valence-corrected chi connectivity index (χ0v) is 10.3. The van der Waals surface area contributed by atoms with Crippen molar-refractivity contribution >= 4 is 0 Å². The Morgan fingerprint density at radius 1 is 1.27 bits per heavy atom. The zero-order valence-electron chi connectivity index (χ0n) is 10.3. The minimum atomic E-state index is 0.861. The lowest BCUT2D eigenvalue weighted by Crippen LogP contribution is -2.46. The van der Waals surface area contributed by atoms with Crippen molar-refractivity contribution < 1.29 is 0 Å². The highest BCUT2D eigenvalue weighted by Gasteiger charge is 2.35. The minimum Gasteiger partial charge on any atom is -0.315 e. The molecule has 0 radical (unpaired) electrons. The summed E-state index contributed by atoms with van der Waals surface area (Å²) in [6.07, 6.45) is 5.57. The fourth-order valence-electron chi connectivity index (χ4n) is 3.27. The van der Waals surface area contributed by atoms with Crippen molar-refractivity contribution in [2.24, 2.45) is 11.8 Å². The van der Waals surface area contributed by atoms with Gasteiger partial charge in [-0.05, 0) is 37.8 Å². The molecule has 2 heterocycles. The molecule has 2 atom stereocenters. The van der Waals surface area contributed by atoms with Gasteiger partial charge in [-0.25, -0.2) is 0 Å². The molecule has 2 unspecified atom stereocenters. The van der Waals surface area contributed by atoms with Gasteiger partial charge in [-0.3, -0.25) is 4.90 Å². The summed E-state index contributed by atoms with van der Waals surface area (Å²) in [6, 6.07) is 0.861. The van der Waals surface area contributed by atoms with Gasteiger partial charge in [0.15, 0.2) is 0 Å². The molecule has 1 N–H and O–H groups in total. The van der Waals surface area contributed by atoms with E-state index in [0.29, 0.717) is 0 Å². The van der Waals surface area contributed by atoms with E-state index in [1.54, 1.807) is 0 Å². The summed E-state index contributed by atoms with van der Waals surface area (Å²) in [6.45, 7) is 9.87. The first kappa shape index (κ1) is 11.4. The first-order valence-corrected chi connectivity index (χ1v) is 6.79. The third-order valence-electron chi connectivity index (χ3n) is 4.44. The Balaban J connectivity index is 1.89. The summed E-state index contributed by atoms with van der Waals surface area (Å²) in [4.78, 5) is 2.77. The standard InChI is InChI=1S/C13H26N2/c1-3-11(4-2)10-15-7-5-6-12-8-14-9-13(12)15/h11-14H,3-10H2,1-2H3. The van der Waals surface area contributed by atoms with Crippen LogP contribution in [0.5, 0.6) is 0 Å². The molecule has 0 aromatic rings. The number of hydrogen-bond donors (Lipinski definition) is 1. The normalized spacial score (nSPS) is 32.2. The van der Waals surface area contributed by atoms with Crippen LogP contribution in [0.25, 0.3) is 0 Å². The predicted octanol–water partition coefficient (Wildman–Crippen LogP) is 2.11. The van der Waals surface area contributed by atoms with E-state index in [4.69, 9.17) is 0 Å². The van der Waals surface area contributed by atoms with Gasteiger partial charge in [0.25, 0.3) is 0 Å². The lowest BCUT2D eigenvalue weighted by Gasteiger charge is -2.38. The second-order valence-corrected chi connectivity index (χ2v) is 5.31. The van der Waals surface area contributed by atoms with Crippen molar-refractivity contribution in [1.29, 1.82) is 0 Å². The molecule has 2 aliphatic heterocycles. The molecule has 0 bridgehead atoms. The van der Waals surface area contributed by atoms with E-state index >= 15 is 0 Å². The molecule has 0 aromatic carbocycles. The fraction of sp³-hybridized carbons (Fsp3) is 1.00. The number of nitrogens with one attached hydrogen (secondary N) is 1. The number of nitrogens with zero attached hydrogens (tertiary/aromatic N) is 1. The Morgan fingerprint density at radius 2 is 2.07 bits per heavy atom. The highest BCUT2D eigenvalue weighted by molar-refractivity contribution is 4.92. The van der Waals surface area contributed by atoms with E-state index in [-0.39, 0.29) is 0 Å². The van der Waals surface area contributed by atoms with Gasteiger partial charge in [0.05, 0.1) is 0 Å². The van der Waals surface area contributed by atoms with Crippen LogP contribution >= 0.6 is 0 Å². The largest absolute Gasteiger partial charge is 0.315 e. The van der Waals surface area contributed by atoms with Crippen LogP contribution < -0.4 is 5.32 Å². The fourth-order valence-corrected chi connectivity index (χ4v) is 3.27. The molecule has 2 fully saturated rings. The number of piperidine rings is 1. The van der Waals surface area contributed by atoms with E-state index in [0.717, 1.165) is 17.9 Å². The van der Waals surface area contributed by atoms with E-state index in [1.165, 1.54) is 51.9 Å². The van der Waals surface area contributed by atoms with Gasteiger partial charge in [0.2, 0.25) is 0 Å². The maximum Gasteiger partial charge on any atom is 0.0261 e. The number of fused-ring (bicyclic) bond motifs is 1. The molecule has 2 nitrogen and oxygen atoms in total. The second-order valence-electron chi connectivity index (χ2n) is 5.31. The van der Waals surface area contributed by atoms with Gasteiger partial charge < -0.3 is 5.32 Å². The number of likely N-dealkylation sites (tertiary alicyclic amines) is 1. The van der Waals surface area contributed by atoms with Gasteiger partial charge >= 0.3 is 0 Å². The maximum atomic E-state index is 3.56. The first-order chi connectivity index (χ1) is 7.35. The van der Waals surface area contributed by atoms with Crippen molar-refractivity contribution in [3.63, 3.8) is 0 Å². The molecule has 0 aromatic heterocycles. The predicted molar refractivity (Wildman–Crippen MR) is 65.0 cm³/mol. The lowest BCUT2D eigenvalue weighted by molar-refractivity contribution is 0.103. The van der Waals surface area contributed by atoms with Crippen molar-refractivity contribution in [3.05, 3.63) is 0 Å². The molecule has 0 aliphatic carbocycles. The molecule has 2 rings (SSSR count). The molecule has 88 valence electrons. The Hall–Kier alpha value is -0.0800. The Bertz CT molecular complexity index is 189. The topological polar surface area (TPSA) is 15.3 Å². The van der Waals surface area contributed by atoms with Gasteiger partial charge in [-0.15, -0.1) is 0 Å².